The summed E-state index contributed by atoms with van der Waals surface area (Å²) in [5.74, 6) is 0.00746. The van der Waals surface area contributed by atoms with Crippen molar-refractivity contribution in [3.8, 4) is 5.75 Å². The molecular weight excluding hydrogens is 234 g/mol. The molecule has 0 spiro atoms. The van der Waals surface area contributed by atoms with Gasteiger partial charge in [0.25, 0.3) is 5.91 Å². The van der Waals surface area contributed by atoms with E-state index < -0.39 is 0 Å². The van der Waals surface area contributed by atoms with Crippen LogP contribution in [0.15, 0.2) is 52.3 Å². The third kappa shape index (κ3) is 1.76. The highest BCUT2D eigenvalue weighted by atomic mass is 32.2. The zero-order chi connectivity index (χ0) is 11.8. The fraction of sp³-hybridized carbons (Fsp3) is 0. The van der Waals surface area contributed by atoms with Crippen LogP contribution in [0.5, 0.6) is 5.75 Å². The van der Waals surface area contributed by atoms with E-state index in [2.05, 4.69) is 5.32 Å². The Morgan fingerprint density at radius 3 is 2.76 bits per heavy atom. The number of benzene rings is 2. The number of fused-ring (bicyclic) bond motifs is 2. The van der Waals surface area contributed by atoms with Crippen LogP contribution in [-0.4, -0.2) is 11.0 Å². The Balaban J connectivity index is 2.17. The standard InChI is InChI=1S/C13H9NO2S/c15-8-5-6-12-10(7-8)14-13(16)9-3-1-2-4-11(9)17-12/h1-7,15H,(H,14,16). The minimum atomic E-state index is -0.141. The molecule has 3 nitrogen and oxygen atoms in total. The molecule has 1 heterocycles. The van der Waals surface area contributed by atoms with Crippen LogP contribution in [0.25, 0.3) is 0 Å². The van der Waals surface area contributed by atoms with Crippen molar-refractivity contribution in [2.45, 2.75) is 9.79 Å². The molecule has 0 atom stereocenters. The van der Waals surface area contributed by atoms with Gasteiger partial charge in [-0.05, 0) is 24.3 Å². The van der Waals surface area contributed by atoms with Crippen molar-refractivity contribution in [2.75, 3.05) is 5.32 Å². The maximum Gasteiger partial charge on any atom is 0.256 e. The van der Waals surface area contributed by atoms with Gasteiger partial charge in [0.05, 0.1) is 11.3 Å². The second-order valence-electron chi connectivity index (χ2n) is 3.73. The average molecular weight is 243 g/mol. The van der Waals surface area contributed by atoms with E-state index in [0.29, 0.717) is 11.3 Å². The Labute approximate surface area is 102 Å². The van der Waals surface area contributed by atoms with Gasteiger partial charge in [-0.15, -0.1) is 0 Å². The molecular formula is C13H9NO2S. The molecule has 0 radical (unpaired) electrons. The van der Waals surface area contributed by atoms with Crippen LogP contribution in [0.4, 0.5) is 5.69 Å². The van der Waals surface area contributed by atoms with E-state index in [1.165, 1.54) is 11.8 Å². The van der Waals surface area contributed by atoms with E-state index in [-0.39, 0.29) is 11.7 Å². The molecule has 17 heavy (non-hydrogen) atoms. The van der Waals surface area contributed by atoms with E-state index in [1.54, 1.807) is 24.3 Å². The molecule has 1 aliphatic rings. The van der Waals surface area contributed by atoms with Gasteiger partial charge in [0.15, 0.2) is 0 Å². The molecule has 2 aromatic rings. The van der Waals surface area contributed by atoms with E-state index in [0.717, 1.165) is 9.79 Å². The molecule has 0 unspecified atom stereocenters. The SMILES string of the molecule is O=C1Nc2cc(O)ccc2Sc2ccccc21. The number of carbonyl (C=O) groups is 1. The third-order valence-electron chi connectivity index (χ3n) is 2.56. The highest BCUT2D eigenvalue weighted by molar-refractivity contribution is 7.99. The predicted molar refractivity (Wildman–Crippen MR) is 66.6 cm³/mol. The van der Waals surface area contributed by atoms with Gasteiger partial charge in [-0.3, -0.25) is 4.79 Å². The molecule has 0 bridgehead atoms. The molecule has 0 aromatic heterocycles. The normalized spacial score (nSPS) is 13.3. The molecule has 84 valence electrons. The Morgan fingerprint density at radius 2 is 1.88 bits per heavy atom. The number of aromatic hydroxyl groups is 1. The first kappa shape index (κ1) is 10.2. The third-order valence-corrected chi connectivity index (χ3v) is 3.71. The summed E-state index contributed by atoms with van der Waals surface area (Å²) in [5, 5.41) is 12.2. The molecule has 2 aromatic carbocycles. The lowest BCUT2D eigenvalue weighted by molar-refractivity contribution is 0.102. The average Bonchev–Trinajstić information content (AvgIpc) is 2.46. The largest absolute Gasteiger partial charge is 0.508 e. The topological polar surface area (TPSA) is 49.3 Å². The van der Waals surface area contributed by atoms with Crippen molar-refractivity contribution in [2.24, 2.45) is 0 Å². The molecule has 2 N–H and O–H groups in total. The number of phenolic OH excluding ortho intramolecular Hbond substituents is 1. The van der Waals surface area contributed by atoms with E-state index in [1.807, 2.05) is 18.2 Å². The van der Waals surface area contributed by atoms with Crippen molar-refractivity contribution >= 4 is 23.4 Å². The van der Waals surface area contributed by atoms with E-state index in [4.69, 9.17) is 0 Å². The number of rotatable bonds is 0. The lowest BCUT2D eigenvalue weighted by Crippen LogP contribution is -2.11. The van der Waals surface area contributed by atoms with Gasteiger partial charge >= 0.3 is 0 Å². The van der Waals surface area contributed by atoms with Crippen molar-refractivity contribution < 1.29 is 9.90 Å². The van der Waals surface area contributed by atoms with Crippen LogP contribution >= 0.6 is 11.8 Å². The van der Waals surface area contributed by atoms with Gasteiger partial charge in [0.1, 0.15) is 5.75 Å². The van der Waals surface area contributed by atoms with Crippen LogP contribution in [0, 0.1) is 0 Å². The van der Waals surface area contributed by atoms with Crippen LogP contribution in [-0.2, 0) is 0 Å². The van der Waals surface area contributed by atoms with Gasteiger partial charge in [0, 0.05) is 15.9 Å². The summed E-state index contributed by atoms with van der Waals surface area (Å²) in [6.07, 6.45) is 0. The Bertz CT molecular complexity index is 610. The fourth-order valence-corrected chi connectivity index (χ4v) is 2.77. The zero-order valence-corrected chi connectivity index (χ0v) is 9.62. The molecule has 0 aliphatic carbocycles. The van der Waals surface area contributed by atoms with Gasteiger partial charge < -0.3 is 10.4 Å². The quantitative estimate of drug-likeness (QED) is 0.747. The summed E-state index contributed by atoms with van der Waals surface area (Å²) in [7, 11) is 0. The van der Waals surface area contributed by atoms with Crippen molar-refractivity contribution in [3.63, 3.8) is 0 Å². The molecule has 1 amide bonds. The summed E-state index contributed by atoms with van der Waals surface area (Å²) in [6, 6.07) is 12.4. The minimum absolute atomic E-state index is 0.141. The number of phenols is 1. The van der Waals surface area contributed by atoms with E-state index >= 15 is 0 Å². The maximum atomic E-state index is 12.0. The van der Waals surface area contributed by atoms with Crippen molar-refractivity contribution in [3.05, 3.63) is 48.0 Å². The monoisotopic (exact) mass is 243 g/mol. The number of nitrogens with one attached hydrogen (secondary N) is 1. The second kappa shape index (κ2) is 3.82. The van der Waals surface area contributed by atoms with Gasteiger partial charge in [-0.25, -0.2) is 0 Å². The zero-order valence-electron chi connectivity index (χ0n) is 8.81. The Kier molecular flexibility index (Phi) is 2.30. The summed E-state index contributed by atoms with van der Waals surface area (Å²) >= 11 is 1.52. The molecule has 0 saturated heterocycles. The summed E-state index contributed by atoms with van der Waals surface area (Å²) < 4.78 is 0. The van der Waals surface area contributed by atoms with Crippen LogP contribution in [0.2, 0.25) is 0 Å². The lowest BCUT2D eigenvalue weighted by Gasteiger charge is -2.05. The Hall–Kier alpha value is -1.94. The van der Waals surface area contributed by atoms with Gasteiger partial charge in [-0.2, -0.15) is 0 Å². The van der Waals surface area contributed by atoms with E-state index in [9.17, 15) is 9.90 Å². The van der Waals surface area contributed by atoms with Gasteiger partial charge in [0.2, 0.25) is 0 Å². The maximum absolute atomic E-state index is 12.0. The molecule has 0 fully saturated rings. The number of anilines is 1. The molecule has 0 saturated carbocycles. The molecule has 3 rings (SSSR count). The van der Waals surface area contributed by atoms with Crippen molar-refractivity contribution in [1.82, 2.24) is 0 Å². The highest BCUT2D eigenvalue weighted by Crippen LogP contribution is 2.39. The lowest BCUT2D eigenvalue weighted by atomic mass is 10.2. The minimum Gasteiger partial charge on any atom is -0.508 e. The first-order valence-electron chi connectivity index (χ1n) is 5.15. The number of hydrogen-bond donors (Lipinski definition) is 2. The second-order valence-corrected chi connectivity index (χ2v) is 4.82. The Morgan fingerprint density at radius 1 is 1.06 bits per heavy atom. The first-order chi connectivity index (χ1) is 8.24. The summed E-state index contributed by atoms with van der Waals surface area (Å²) in [6.45, 7) is 0. The number of hydrogen-bond acceptors (Lipinski definition) is 3. The fourth-order valence-electron chi connectivity index (χ4n) is 1.76. The smallest absolute Gasteiger partial charge is 0.256 e. The first-order valence-corrected chi connectivity index (χ1v) is 5.97. The van der Waals surface area contributed by atoms with Crippen LogP contribution in [0.3, 0.4) is 0 Å². The number of amides is 1. The number of carbonyl (C=O) groups excluding carboxylic acids is 1. The van der Waals surface area contributed by atoms with Crippen LogP contribution in [0.1, 0.15) is 10.4 Å². The highest BCUT2D eigenvalue weighted by Gasteiger charge is 2.19. The van der Waals surface area contributed by atoms with Gasteiger partial charge in [-0.1, -0.05) is 23.9 Å². The predicted octanol–water partition coefficient (Wildman–Crippen LogP) is 3.11. The van der Waals surface area contributed by atoms with Crippen LogP contribution < -0.4 is 5.32 Å². The molecule has 4 heteroatoms. The molecule has 1 aliphatic heterocycles. The van der Waals surface area contributed by atoms with Crippen molar-refractivity contribution in [1.29, 1.82) is 0 Å². The summed E-state index contributed by atoms with van der Waals surface area (Å²) in [4.78, 5) is 13.8. The summed E-state index contributed by atoms with van der Waals surface area (Å²) in [5.41, 5.74) is 1.31.